The molecule has 0 saturated carbocycles. The van der Waals surface area contributed by atoms with Crippen LogP contribution >= 0.6 is 0 Å². The van der Waals surface area contributed by atoms with Gasteiger partial charge in [-0.05, 0) is 30.7 Å². The van der Waals surface area contributed by atoms with E-state index in [1.54, 1.807) is 12.6 Å². The lowest BCUT2D eigenvalue weighted by molar-refractivity contribution is 0.448. The van der Waals surface area contributed by atoms with Gasteiger partial charge in [-0.25, -0.2) is 4.68 Å². The molecule has 0 saturated heterocycles. The van der Waals surface area contributed by atoms with Crippen LogP contribution in [0.4, 0.5) is 5.95 Å². The second-order valence-corrected chi connectivity index (χ2v) is 5.06. The normalized spacial score (nSPS) is 17.0. The zero-order valence-corrected chi connectivity index (χ0v) is 11.5. The Kier molecular flexibility index (Phi) is 2.64. The monoisotopic (exact) mass is 278 g/mol. The minimum Gasteiger partial charge on any atom is -0.467 e. The molecule has 0 fully saturated rings. The number of rotatable bonds is 2. The molecule has 5 nitrogen and oxygen atoms in total. The lowest BCUT2D eigenvalue weighted by Gasteiger charge is -2.22. The summed E-state index contributed by atoms with van der Waals surface area (Å²) in [4.78, 5) is 4.27. The molecule has 1 aromatic carbocycles. The molecule has 5 heteroatoms. The largest absolute Gasteiger partial charge is 0.467 e. The number of anilines is 1. The van der Waals surface area contributed by atoms with E-state index in [-0.39, 0.29) is 6.04 Å². The minimum absolute atomic E-state index is 0.0879. The summed E-state index contributed by atoms with van der Waals surface area (Å²) in [5.41, 5.74) is 3.37. The molecule has 4 rings (SSSR count). The second kappa shape index (κ2) is 4.63. The number of allylic oxidation sites excluding steroid dienone is 1. The Morgan fingerprint density at radius 2 is 2.05 bits per heavy atom. The molecule has 0 aliphatic carbocycles. The number of hydrogen-bond donors (Lipinski definition) is 1. The van der Waals surface area contributed by atoms with Crippen molar-refractivity contribution in [2.45, 2.75) is 13.0 Å². The Morgan fingerprint density at radius 1 is 1.19 bits per heavy atom. The van der Waals surface area contributed by atoms with E-state index in [0.29, 0.717) is 0 Å². The lowest BCUT2D eigenvalue weighted by Crippen LogP contribution is -2.19. The molecule has 1 atom stereocenters. The SMILES string of the molecule is Cc1ccc(C2=C[C@H](c3ccco3)n3ncnc3N2)cc1. The molecule has 1 aliphatic rings. The third-order valence-electron chi connectivity index (χ3n) is 3.60. The van der Waals surface area contributed by atoms with Crippen LogP contribution in [0.5, 0.6) is 0 Å². The number of benzene rings is 1. The maximum atomic E-state index is 5.54. The van der Waals surface area contributed by atoms with Crippen molar-refractivity contribution >= 4 is 11.6 Å². The fourth-order valence-electron chi connectivity index (χ4n) is 2.50. The molecule has 0 amide bonds. The molecule has 2 aromatic heterocycles. The van der Waals surface area contributed by atoms with Crippen LogP contribution in [0.1, 0.15) is 22.9 Å². The van der Waals surface area contributed by atoms with E-state index < -0.39 is 0 Å². The fraction of sp³-hybridized carbons (Fsp3) is 0.125. The van der Waals surface area contributed by atoms with E-state index >= 15 is 0 Å². The number of aromatic nitrogens is 3. The standard InChI is InChI=1S/C16H14N4O/c1-11-4-6-12(7-5-11)13-9-14(15-3-2-8-21-15)20-16(19-13)17-10-18-20/h2-10,14H,1H3,(H,17,18,19)/t14-/m1/s1. The first-order valence-corrected chi connectivity index (χ1v) is 6.80. The second-order valence-electron chi connectivity index (χ2n) is 5.06. The van der Waals surface area contributed by atoms with E-state index in [1.807, 2.05) is 16.8 Å². The highest BCUT2D eigenvalue weighted by atomic mass is 16.3. The van der Waals surface area contributed by atoms with Crippen LogP contribution in [0.3, 0.4) is 0 Å². The zero-order valence-electron chi connectivity index (χ0n) is 11.5. The van der Waals surface area contributed by atoms with Crippen LogP contribution < -0.4 is 5.32 Å². The Hall–Kier alpha value is -2.82. The first-order valence-electron chi connectivity index (χ1n) is 6.80. The molecule has 21 heavy (non-hydrogen) atoms. The van der Waals surface area contributed by atoms with Gasteiger partial charge in [0.05, 0.1) is 6.26 Å². The number of furan rings is 1. The van der Waals surface area contributed by atoms with E-state index in [0.717, 1.165) is 23.0 Å². The van der Waals surface area contributed by atoms with E-state index in [9.17, 15) is 0 Å². The van der Waals surface area contributed by atoms with Crippen molar-refractivity contribution in [1.82, 2.24) is 14.8 Å². The molecule has 0 bridgehead atoms. The smallest absolute Gasteiger partial charge is 0.226 e. The van der Waals surface area contributed by atoms with Gasteiger partial charge < -0.3 is 9.73 Å². The van der Waals surface area contributed by atoms with E-state index in [4.69, 9.17) is 4.42 Å². The Balaban J connectivity index is 1.80. The van der Waals surface area contributed by atoms with Crippen LogP contribution in [0.25, 0.3) is 5.70 Å². The summed E-state index contributed by atoms with van der Waals surface area (Å²) in [5, 5.41) is 7.59. The minimum atomic E-state index is -0.0879. The summed E-state index contributed by atoms with van der Waals surface area (Å²) in [6.07, 6.45) is 5.32. The molecule has 1 N–H and O–H groups in total. The number of fused-ring (bicyclic) bond motifs is 1. The third-order valence-corrected chi connectivity index (χ3v) is 3.60. The van der Waals surface area contributed by atoms with Crippen molar-refractivity contribution in [2.24, 2.45) is 0 Å². The average molecular weight is 278 g/mol. The molecule has 3 aromatic rings. The molecule has 104 valence electrons. The van der Waals surface area contributed by atoms with Crippen LogP contribution in [-0.2, 0) is 0 Å². The van der Waals surface area contributed by atoms with Gasteiger partial charge in [0.25, 0.3) is 0 Å². The van der Waals surface area contributed by atoms with Gasteiger partial charge in [-0.3, -0.25) is 0 Å². The summed E-state index contributed by atoms with van der Waals surface area (Å²) in [5.74, 6) is 1.56. The van der Waals surface area contributed by atoms with Crippen molar-refractivity contribution in [3.05, 3.63) is 72.0 Å². The first kappa shape index (κ1) is 12.0. The van der Waals surface area contributed by atoms with E-state index in [1.165, 1.54) is 5.56 Å². The maximum absolute atomic E-state index is 5.54. The number of hydrogen-bond acceptors (Lipinski definition) is 4. The predicted octanol–water partition coefficient (Wildman–Crippen LogP) is 3.24. The first-order chi connectivity index (χ1) is 10.3. The van der Waals surface area contributed by atoms with Gasteiger partial charge in [0, 0.05) is 5.70 Å². The van der Waals surface area contributed by atoms with Gasteiger partial charge in [-0.2, -0.15) is 10.1 Å². The number of aryl methyl sites for hydroxylation is 1. The summed E-state index contributed by atoms with van der Waals surface area (Å²) in [6, 6.07) is 12.1. The summed E-state index contributed by atoms with van der Waals surface area (Å²) < 4.78 is 7.36. The highest BCUT2D eigenvalue weighted by Gasteiger charge is 2.24. The Labute approximate surface area is 121 Å². The Bertz CT molecular complexity index is 784. The van der Waals surface area contributed by atoms with E-state index in [2.05, 4.69) is 52.7 Å². The van der Waals surface area contributed by atoms with Crippen molar-refractivity contribution in [2.75, 3.05) is 5.32 Å². The predicted molar refractivity (Wildman–Crippen MR) is 79.6 cm³/mol. The summed E-state index contributed by atoms with van der Waals surface area (Å²) in [7, 11) is 0. The van der Waals surface area contributed by atoms with Crippen LogP contribution in [0.2, 0.25) is 0 Å². The van der Waals surface area contributed by atoms with Crippen LogP contribution in [0.15, 0.2) is 59.5 Å². The quantitative estimate of drug-likeness (QED) is 0.782. The van der Waals surface area contributed by atoms with Crippen LogP contribution in [-0.4, -0.2) is 14.8 Å². The lowest BCUT2D eigenvalue weighted by atomic mass is 10.1. The molecule has 0 unspecified atom stereocenters. The van der Waals surface area contributed by atoms with Crippen molar-refractivity contribution in [3.63, 3.8) is 0 Å². The molecule has 3 heterocycles. The fourth-order valence-corrected chi connectivity index (χ4v) is 2.50. The van der Waals surface area contributed by atoms with Gasteiger partial charge in [-0.15, -0.1) is 0 Å². The summed E-state index contributed by atoms with van der Waals surface area (Å²) in [6.45, 7) is 2.08. The Morgan fingerprint density at radius 3 is 2.81 bits per heavy atom. The van der Waals surface area contributed by atoms with Crippen molar-refractivity contribution < 1.29 is 4.42 Å². The molecule has 0 spiro atoms. The maximum Gasteiger partial charge on any atom is 0.226 e. The molecule has 1 aliphatic heterocycles. The average Bonchev–Trinajstić information content (AvgIpc) is 3.18. The van der Waals surface area contributed by atoms with Gasteiger partial charge in [0.2, 0.25) is 5.95 Å². The highest BCUT2D eigenvalue weighted by molar-refractivity contribution is 5.76. The topological polar surface area (TPSA) is 55.9 Å². The van der Waals surface area contributed by atoms with Crippen molar-refractivity contribution in [1.29, 1.82) is 0 Å². The van der Waals surface area contributed by atoms with Gasteiger partial charge in [0.15, 0.2) is 0 Å². The van der Waals surface area contributed by atoms with Gasteiger partial charge in [0.1, 0.15) is 18.1 Å². The molecular formula is C16H14N4O. The zero-order chi connectivity index (χ0) is 14.2. The highest BCUT2D eigenvalue weighted by Crippen LogP contribution is 2.31. The van der Waals surface area contributed by atoms with Gasteiger partial charge >= 0.3 is 0 Å². The number of nitrogens with one attached hydrogen (secondary N) is 1. The summed E-state index contributed by atoms with van der Waals surface area (Å²) >= 11 is 0. The molecular weight excluding hydrogens is 264 g/mol. The number of nitrogens with zero attached hydrogens (tertiary/aromatic N) is 3. The van der Waals surface area contributed by atoms with Gasteiger partial charge in [-0.1, -0.05) is 29.8 Å². The van der Waals surface area contributed by atoms with Crippen LogP contribution in [0, 0.1) is 6.92 Å². The third kappa shape index (κ3) is 2.03. The van der Waals surface area contributed by atoms with Crippen molar-refractivity contribution in [3.8, 4) is 0 Å². The molecule has 0 radical (unpaired) electrons.